The Morgan fingerprint density at radius 1 is 1.07 bits per heavy atom. The molecular formula is C17H23N7O4. The minimum atomic E-state index is -1.28. The summed E-state index contributed by atoms with van der Waals surface area (Å²) in [5, 5.41) is 9.66. The van der Waals surface area contributed by atoms with Gasteiger partial charge in [0.05, 0.1) is 0 Å². The highest BCUT2D eigenvalue weighted by Crippen LogP contribution is 2.20. The average molecular weight is 389 g/mol. The van der Waals surface area contributed by atoms with Crippen molar-refractivity contribution < 1.29 is 19.4 Å². The van der Waals surface area contributed by atoms with Crippen molar-refractivity contribution in [3.8, 4) is 0 Å². The van der Waals surface area contributed by atoms with Gasteiger partial charge in [0.2, 0.25) is 17.8 Å². The molecule has 1 aromatic heterocycles. The number of nitrogens with zero attached hydrogens (tertiary/aromatic N) is 4. The van der Waals surface area contributed by atoms with Crippen LogP contribution in [0.5, 0.6) is 0 Å². The molecule has 1 atom stereocenters. The van der Waals surface area contributed by atoms with Gasteiger partial charge in [0, 0.05) is 0 Å². The summed E-state index contributed by atoms with van der Waals surface area (Å²) >= 11 is 0. The zero-order valence-corrected chi connectivity index (χ0v) is 15.2. The molecule has 0 saturated heterocycles. The molecule has 0 unspecified atom stereocenters. The molecule has 0 radical (unpaired) electrons. The van der Waals surface area contributed by atoms with Crippen molar-refractivity contribution in [2.75, 3.05) is 22.9 Å². The highest BCUT2D eigenvalue weighted by atomic mass is 16.6. The number of carboxylic acid groups (broad SMARTS) is 1. The van der Waals surface area contributed by atoms with Crippen LogP contribution in [0.1, 0.15) is 24.8 Å². The third kappa shape index (κ3) is 5.77. The second kappa shape index (κ2) is 10.0. The standard InChI is InChI=1S/C17H23N7O4/c18-9-5-4-8-12(13(25)26)24(16-22-14(19)21-15(20)23-16)17(27)28-10-11-6-2-1-3-7-11/h1-3,6-7,12H,4-5,8-10,18H2,(H,25,26)(H4,19,20,21,22,23)/t12-/m0/s1. The first-order valence-electron chi connectivity index (χ1n) is 8.62. The van der Waals surface area contributed by atoms with Gasteiger partial charge in [0.15, 0.2) is 0 Å². The summed E-state index contributed by atoms with van der Waals surface area (Å²) in [5.74, 6) is -2.02. The topological polar surface area (TPSA) is 184 Å². The van der Waals surface area contributed by atoms with Gasteiger partial charge >= 0.3 is 12.1 Å². The van der Waals surface area contributed by atoms with Crippen LogP contribution in [0, 0.1) is 0 Å². The second-order valence-electron chi connectivity index (χ2n) is 5.90. The van der Waals surface area contributed by atoms with E-state index in [2.05, 4.69) is 15.0 Å². The third-order valence-electron chi connectivity index (χ3n) is 3.80. The van der Waals surface area contributed by atoms with E-state index in [1.54, 1.807) is 24.3 Å². The van der Waals surface area contributed by atoms with Crippen molar-refractivity contribution in [2.45, 2.75) is 31.9 Å². The van der Waals surface area contributed by atoms with Gasteiger partial charge in [-0.25, -0.2) is 14.5 Å². The highest BCUT2D eigenvalue weighted by molar-refractivity contribution is 5.93. The molecule has 1 amide bonds. The molecule has 28 heavy (non-hydrogen) atoms. The van der Waals surface area contributed by atoms with E-state index >= 15 is 0 Å². The summed E-state index contributed by atoms with van der Waals surface area (Å²) in [6.45, 7) is 0.345. The number of aromatic nitrogens is 3. The maximum absolute atomic E-state index is 12.8. The molecule has 0 aliphatic rings. The fraction of sp³-hybridized carbons (Fsp3) is 0.353. The van der Waals surface area contributed by atoms with Gasteiger partial charge in [-0.2, -0.15) is 15.0 Å². The predicted molar refractivity (Wildman–Crippen MR) is 102 cm³/mol. The van der Waals surface area contributed by atoms with Gasteiger partial charge in [-0.3, -0.25) is 0 Å². The van der Waals surface area contributed by atoms with Crippen LogP contribution in [0.3, 0.4) is 0 Å². The number of nitrogen functional groups attached to an aromatic ring is 2. The molecular weight excluding hydrogens is 366 g/mol. The average Bonchev–Trinajstić information content (AvgIpc) is 2.65. The van der Waals surface area contributed by atoms with Crippen LogP contribution in [-0.4, -0.2) is 44.7 Å². The quantitative estimate of drug-likeness (QED) is 0.446. The molecule has 2 rings (SSSR count). The molecule has 7 N–H and O–H groups in total. The van der Waals surface area contributed by atoms with Crippen LogP contribution in [0.2, 0.25) is 0 Å². The zero-order valence-electron chi connectivity index (χ0n) is 15.2. The smallest absolute Gasteiger partial charge is 0.417 e. The Morgan fingerprint density at radius 2 is 1.71 bits per heavy atom. The Bertz CT molecular complexity index is 783. The fourth-order valence-corrected chi connectivity index (χ4v) is 2.49. The third-order valence-corrected chi connectivity index (χ3v) is 3.80. The minimum absolute atomic E-state index is 0.0542. The van der Waals surface area contributed by atoms with Gasteiger partial charge in [-0.05, 0) is 31.4 Å². The molecule has 0 aliphatic carbocycles. The van der Waals surface area contributed by atoms with Crippen LogP contribution < -0.4 is 22.1 Å². The number of unbranched alkanes of at least 4 members (excludes halogenated alkanes) is 1. The number of nitrogens with two attached hydrogens (primary N) is 3. The Labute approximate surface area is 161 Å². The Hall–Kier alpha value is -3.47. The molecule has 11 nitrogen and oxygen atoms in total. The summed E-state index contributed by atoms with van der Waals surface area (Å²) in [6, 6.07) is 7.67. The summed E-state index contributed by atoms with van der Waals surface area (Å²) < 4.78 is 5.28. The van der Waals surface area contributed by atoms with E-state index in [1.165, 1.54) is 0 Å². The molecule has 0 fully saturated rings. The number of carbonyl (C=O) groups is 2. The fourth-order valence-electron chi connectivity index (χ4n) is 2.49. The van der Waals surface area contributed by atoms with E-state index in [1.807, 2.05) is 6.07 Å². The van der Waals surface area contributed by atoms with E-state index in [0.717, 1.165) is 10.5 Å². The van der Waals surface area contributed by atoms with Gasteiger partial charge < -0.3 is 27.0 Å². The lowest BCUT2D eigenvalue weighted by atomic mass is 10.1. The van der Waals surface area contributed by atoms with E-state index in [4.69, 9.17) is 21.9 Å². The number of ether oxygens (including phenoxy) is 1. The zero-order chi connectivity index (χ0) is 20.5. The molecule has 0 bridgehead atoms. The van der Waals surface area contributed by atoms with Gasteiger partial charge in [0.25, 0.3) is 0 Å². The number of hydrogen-bond donors (Lipinski definition) is 4. The normalized spacial score (nSPS) is 11.6. The predicted octanol–water partition coefficient (Wildman–Crippen LogP) is 0.761. The number of hydrogen-bond acceptors (Lipinski definition) is 9. The van der Waals surface area contributed by atoms with Gasteiger partial charge in [0.1, 0.15) is 12.6 Å². The van der Waals surface area contributed by atoms with E-state index < -0.39 is 18.1 Å². The first-order chi connectivity index (χ1) is 13.4. The van der Waals surface area contributed by atoms with Crippen LogP contribution in [0.4, 0.5) is 22.6 Å². The van der Waals surface area contributed by atoms with Crippen LogP contribution >= 0.6 is 0 Å². The molecule has 0 aliphatic heterocycles. The van der Waals surface area contributed by atoms with Crippen molar-refractivity contribution in [3.05, 3.63) is 35.9 Å². The summed E-state index contributed by atoms with van der Waals surface area (Å²) in [4.78, 5) is 36.8. The lowest BCUT2D eigenvalue weighted by Crippen LogP contribution is -2.46. The lowest BCUT2D eigenvalue weighted by Gasteiger charge is -2.26. The number of benzene rings is 1. The number of amides is 1. The monoisotopic (exact) mass is 389 g/mol. The molecule has 1 aromatic carbocycles. The number of carboxylic acids is 1. The van der Waals surface area contributed by atoms with Crippen molar-refractivity contribution in [1.29, 1.82) is 0 Å². The largest absolute Gasteiger partial charge is 0.480 e. The Balaban J connectivity index is 2.30. The Kier molecular flexibility index (Phi) is 7.45. The second-order valence-corrected chi connectivity index (χ2v) is 5.90. The minimum Gasteiger partial charge on any atom is -0.480 e. The molecule has 2 aromatic rings. The maximum Gasteiger partial charge on any atom is 0.417 e. The number of carbonyl (C=O) groups excluding carboxylic acids is 1. The van der Waals surface area contributed by atoms with E-state index in [0.29, 0.717) is 19.4 Å². The number of anilines is 3. The van der Waals surface area contributed by atoms with Crippen molar-refractivity contribution >= 4 is 29.9 Å². The van der Waals surface area contributed by atoms with Crippen molar-refractivity contribution in [3.63, 3.8) is 0 Å². The molecule has 0 saturated carbocycles. The van der Waals surface area contributed by atoms with Gasteiger partial charge in [-0.15, -0.1) is 0 Å². The first-order valence-corrected chi connectivity index (χ1v) is 8.62. The lowest BCUT2D eigenvalue weighted by molar-refractivity contribution is -0.138. The van der Waals surface area contributed by atoms with Crippen molar-refractivity contribution in [2.24, 2.45) is 5.73 Å². The van der Waals surface area contributed by atoms with Crippen LogP contribution in [0.15, 0.2) is 30.3 Å². The van der Waals surface area contributed by atoms with Gasteiger partial charge in [-0.1, -0.05) is 30.3 Å². The molecule has 150 valence electrons. The van der Waals surface area contributed by atoms with Crippen LogP contribution in [0.25, 0.3) is 0 Å². The van der Waals surface area contributed by atoms with Crippen LogP contribution in [-0.2, 0) is 16.1 Å². The first kappa shape index (κ1) is 20.8. The molecule has 0 spiro atoms. The molecule has 1 heterocycles. The highest BCUT2D eigenvalue weighted by Gasteiger charge is 2.34. The summed E-state index contributed by atoms with van der Waals surface area (Å²) in [6.07, 6.45) is 0.261. The van der Waals surface area contributed by atoms with Crippen molar-refractivity contribution in [1.82, 2.24) is 15.0 Å². The molecule has 11 heteroatoms. The number of rotatable bonds is 9. The van der Waals surface area contributed by atoms with E-state index in [9.17, 15) is 14.7 Å². The summed E-state index contributed by atoms with van der Waals surface area (Å²) in [7, 11) is 0. The van der Waals surface area contributed by atoms with E-state index in [-0.39, 0.29) is 30.9 Å². The Morgan fingerprint density at radius 3 is 2.29 bits per heavy atom. The SMILES string of the molecule is NCCCC[C@@H](C(=O)O)N(C(=O)OCc1ccccc1)c1nc(N)nc(N)n1. The number of aliphatic carboxylic acids is 1. The summed E-state index contributed by atoms with van der Waals surface area (Å²) in [5.41, 5.74) is 17.4. The maximum atomic E-state index is 12.8.